The fourth-order valence-corrected chi connectivity index (χ4v) is 3.57. The summed E-state index contributed by atoms with van der Waals surface area (Å²) < 4.78 is 11.4. The van der Waals surface area contributed by atoms with E-state index in [9.17, 15) is 4.79 Å². The summed E-state index contributed by atoms with van der Waals surface area (Å²) in [6, 6.07) is 16.0. The Morgan fingerprint density at radius 2 is 1.71 bits per heavy atom. The predicted molar refractivity (Wildman–Crippen MR) is 110 cm³/mol. The zero-order chi connectivity index (χ0) is 19.9. The smallest absolute Gasteiger partial charge is 0.258 e. The van der Waals surface area contributed by atoms with Gasteiger partial charge in [0, 0.05) is 26.2 Å². The summed E-state index contributed by atoms with van der Waals surface area (Å²) in [5.74, 6) is 0.584. The van der Waals surface area contributed by atoms with Crippen molar-refractivity contribution in [3.63, 3.8) is 0 Å². The molecule has 1 N–H and O–H groups in total. The highest BCUT2D eigenvalue weighted by Gasteiger charge is 2.22. The van der Waals surface area contributed by atoms with Gasteiger partial charge in [-0.25, -0.2) is 0 Å². The Hall–Kier alpha value is -2.37. The molecule has 2 aromatic rings. The van der Waals surface area contributed by atoms with E-state index >= 15 is 0 Å². The monoisotopic (exact) mass is 382 g/mol. The first-order valence-electron chi connectivity index (χ1n) is 9.90. The Morgan fingerprint density at radius 3 is 2.39 bits per heavy atom. The van der Waals surface area contributed by atoms with Crippen LogP contribution in [0.4, 0.5) is 0 Å². The van der Waals surface area contributed by atoms with Crippen LogP contribution in [0.25, 0.3) is 0 Å². The first-order chi connectivity index (χ1) is 13.5. The molecule has 1 heterocycles. The molecule has 1 amide bonds. The Bertz CT molecular complexity index is 766. The molecule has 5 heteroatoms. The number of morpholine rings is 1. The van der Waals surface area contributed by atoms with Crippen LogP contribution < -0.4 is 10.1 Å². The highest BCUT2D eigenvalue weighted by Crippen LogP contribution is 2.17. The van der Waals surface area contributed by atoms with Crippen LogP contribution in [0.1, 0.15) is 30.5 Å². The van der Waals surface area contributed by atoms with Crippen molar-refractivity contribution in [2.24, 2.45) is 0 Å². The van der Waals surface area contributed by atoms with Crippen molar-refractivity contribution in [3.8, 4) is 5.75 Å². The van der Waals surface area contributed by atoms with Gasteiger partial charge >= 0.3 is 0 Å². The number of nitrogens with one attached hydrogen (secondary N) is 1. The molecule has 0 aromatic heterocycles. The first-order valence-corrected chi connectivity index (χ1v) is 9.90. The predicted octanol–water partition coefficient (Wildman–Crippen LogP) is 3.30. The molecule has 0 radical (unpaired) electrons. The second-order valence-corrected chi connectivity index (χ2v) is 7.60. The van der Waals surface area contributed by atoms with E-state index in [1.54, 1.807) is 0 Å². The maximum Gasteiger partial charge on any atom is 0.258 e. The maximum atomic E-state index is 12.2. The van der Waals surface area contributed by atoms with Crippen molar-refractivity contribution < 1.29 is 14.3 Å². The maximum absolute atomic E-state index is 12.2. The SMILES string of the molecule is Cc1ccc(OCC(=O)NCc2ccccc2CN2CC(C)OC(C)C2)cc1. The van der Waals surface area contributed by atoms with E-state index in [1.165, 1.54) is 5.56 Å². The lowest BCUT2D eigenvalue weighted by Gasteiger charge is -2.35. The van der Waals surface area contributed by atoms with Gasteiger partial charge in [-0.05, 0) is 44.0 Å². The molecular formula is C23H30N2O3. The van der Waals surface area contributed by atoms with Crippen molar-refractivity contribution in [2.45, 2.75) is 46.1 Å². The molecule has 1 saturated heterocycles. The molecular weight excluding hydrogens is 352 g/mol. The van der Waals surface area contributed by atoms with Crippen molar-refractivity contribution in [1.29, 1.82) is 0 Å². The zero-order valence-corrected chi connectivity index (χ0v) is 17.0. The largest absolute Gasteiger partial charge is 0.484 e. The molecule has 2 aromatic carbocycles. The van der Waals surface area contributed by atoms with Gasteiger partial charge in [0.25, 0.3) is 5.91 Å². The molecule has 1 fully saturated rings. The summed E-state index contributed by atoms with van der Waals surface area (Å²) >= 11 is 0. The van der Waals surface area contributed by atoms with E-state index in [0.717, 1.165) is 30.8 Å². The Balaban J connectivity index is 1.51. The molecule has 2 unspecified atom stereocenters. The lowest BCUT2D eigenvalue weighted by molar-refractivity contribution is -0.123. The van der Waals surface area contributed by atoms with Crippen LogP contribution >= 0.6 is 0 Å². The molecule has 1 aliphatic heterocycles. The minimum Gasteiger partial charge on any atom is -0.484 e. The quantitative estimate of drug-likeness (QED) is 0.798. The topological polar surface area (TPSA) is 50.8 Å². The molecule has 28 heavy (non-hydrogen) atoms. The fourth-order valence-electron chi connectivity index (χ4n) is 3.57. The molecule has 0 bridgehead atoms. The van der Waals surface area contributed by atoms with E-state index in [-0.39, 0.29) is 24.7 Å². The van der Waals surface area contributed by atoms with Crippen molar-refractivity contribution >= 4 is 5.91 Å². The molecule has 0 spiro atoms. The first kappa shape index (κ1) is 20.4. The van der Waals surface area contributed by atoms with E-state index in [0.29, 0.717) is 12.3 Å². The van der Waals surface area contributed by atoms with Gasteiger partial charge in [-0.15, -0.1) is 0 Å². The fraction of sp³-hybridized carbons (Fsp3) is 0.435. The molecule has 1 aliphatic rings. The summed E-state index contributed by atoms with van der Waals surface area (Å²) in [4.78, 5) is 14.6. The Kier molecular flexibility index (Phi) is 7.06. The van der Waals surface area contributed by atoms with Gasteiger partial charge < -0.3 is 14.8 Å². The summed E-state index contributed by atoms with van der Waals surface area (Å²) in [6.45, 7) is 9.48. The van der Waals surface area contributed by atoms with Gasteiger partial charge in [-0.3, -0.25) is 9.69 Å². The van der Waals surface area contributed by atoms with Crippen molar-refractivity contribution in [3.05, 3.63) is 65.2 Å². The minimum absolute atomic E-state index is 0.0176. The van der Waals surface area contributed by atoms with Crippen LogP contribution in [0.2, 0.25) is 0 Å². The number of nitrogens with zero attached hydrogens (tertiary/aromatic N) is 1. The summed E-state index contributed by atoms with van der Waals surface area (Å²) in [5, 5.41) is 2.97. The number of aryl methyl sites for hydroxylation is 1. The zero-order valence-electron chi connectivity index (χ0n) is 17.0. The van der Waals surface area contributed by atoms with E-state index in [1.807, 2.05) is 37.3 Å². The van der Waals surface area contributed by atoms with Crippen LogP contribution in [0, 0.1) is 6.92 Å². The van der Waals surface area contributed by atoms with Crippen LogP contribution in [0.5, 0.6) is 5.75 Å². The van der Waals surface area contributed by atoms with E-state index in [4.69, 9.17) is 9.47 Å². The standard InChI is InChI=1S/C23H30N2O3/c1-17-8-10-22(11-9-17)27-16-23(26)24-12-20-6-4-5-7-21(20)15-25-13-18(2)28-19(3)14-25/h4-11,18-19H,12-16H2,1-3H3,(H,24,26). The third kappa shape index (κ3) is 6.08. The molecule has 5 nitrogen and oxygen atoms in total. The van der Waals surface area contributed by atoms with Crippen molar-refractivity contribution in [2.75, 3.05) is 19.7 Å². The number of hydrogen-bond donors (Lipinski definition) is 1. The molecule has 3 rings (SSSR count). The third-order valence-electron chi connectivity index (χ3n) is 4.87. The highest BCUT2D eigenvalue weighted by atomic mass is 16.5. The molecule has 0 aliphatic carbocycles. The Morgan fingerprint density at radius 1 is 1.07 bits per heavy atom. The average molecular weight is 383 g/mol. The average Bonchev–Trinajstić information content (AvgIpc) is 2.66. The normalized spacial score (nSPS) is 20.0. The molecule has 0 saturated carbocycles. The van der Waals surface area contributed by atoms with Crippen LogP contribution in [-0.4, -0.2) is 42.7 Å². The number of carbonyl (C=O) groups excluding carboxylic acids is 1. The number of amides is 1. The lowest BCUT2D eigenvalue weighted by atomic mass is 10.1. The second-order valence-electron chi connectivity index (χ2n) is 7.60. The summed E-state index contributed by atoms with van der Waals surface area (Å²) in [5.41, 5.74) is 3.54. The summed E-state index contributed by atoms with van der Waals surface area (Å²) in [6.07, 6.45) is 0.490. The van der Waals surface area contributed by atoms with Gasteiger partial charge in [0.2, 0.25) is 0 Å². The second kappa shape index (κ2) is 9.71. The van der Waals surface area contributed by atoms with Gasteiger partial charge in [0.15, 0.2) is 6.61 Å². The van der Waals surface area contributed by atoms with Gasteiger partial charge in [0.1, 0.15) is 5.75 Å². The number of hydrogen-bond acceptors (Lipinski definition) is 4. The van der Waals surface area contributed by atoms with E-state index < -0.39 is 0 Å². The van der Waals surface area contributed by atoms with E-state index in [2.05, 4.69) is 42.3 Å². The lowest BCUT2D eigenvalue weighted by Crippen LogP contribution is -2.45. The third-order valence-corrected chi connectivity index (χ3v) is 4.87. The summed E-state index contributed by atoms with van der Waals surface area (Å²) in [7, 11) is 0. The van der Waals surface area contributed by atoms with Gasteiger partial charge in [0.05, 0.1) is 12.2 Å². The highest BCUT2D eigenvalue weighted by molar-refractivity contribution is 5.77. The number of carbonyl (C=O) groups is 1. The van der Waals surface area contributed by atoms with Crippen LogP contribution in [0.15, 0.2) is 48.5 Å². The number of ether oxygens (including phenoxy) is 2. The minimum atomic E-state index is -0.121. The van der Waals surface area contributed by atoms with Crippen molar-refractivity contribution in [1.82, 2.24) is 10.2 Å². The number of rotatable bonds is 7. The number of benzene rings is 2. The van der Waals surface area contributed by atoms with Gasteiger partial charge in [-0.2, -0.15) is 0 Å². The molecule has 2 atom stereocenters. The Labute approximate surface area is 167 Å². The van der Waals surface area contributed by atoms with Crippen LogP contribution in [-0.2, 0) is 22.6 Å². The van der Waals surface area contributed by atoms with Gasteiger partial charge in [-0.1, -0.05) is 42.0 Å². The molecule has 150 valence electrons. The van der Waals surface area contributed by atoms with Crippen LogP contribution in [0.3, 0.4) is 0 Å².